The lowest BCUT2D eigenvalue weighted by atomic mass is 9.98. The smallest absolute Gasteiger partial charge is 0.156 e. The highest BCUT2D eigenvalue weighted by Gasteiger charge is 2.17. The molecule has 0 saturated heterocycles. The summed E-state index contributed by atoms with van der Waals surface area (Å²) in [5, 5.41) is 8.65. The molecule has 0 aliphatic carbocycles. The largest absolute Gasteiger partial charge is 0.159 e. The molecular weight excluding hydrogens is 143 g/mol. The molecule has 1 heterocycles. The van der Waals surface area contributed by atoms with Crippen molar-refractivity contribution < 1.29 is 0 Å². The summed E-state index contributed by atoms with van der Waals surface area (Å²) < 4.78 is 0. The number of aromatic nitrogens is 2. The highest BCUT2D eigenvalue weighted by atomic mass is 32.1. The first-order valence-corrected chi connectivity index (χ1v) is 3.91. The van der Waals surface area contributed by atoms with Crippen molar-refractivity contribution in [3.8, 4) is 0 Å². The van der Waals surface area contributed by atoms with Crippen molar-refractivity contribution in [3.63, 3.8) is 0 Å². The zero-order valence-electron chi connectivity index (χ0n) is 6.38. The maximum atomic E-state index is 5.42. The predicted molar refractivity (Wildman–Crippen MR) is 44.0 cm³/mol. The Kier molecular flexibility index (Phi) is 1.81. The maximum Gasteiger partial charge on any atom is 0.159 e. The van der Waals surface area contributed by atoms with Crippen LogP contribution in [0.4, 0.5) is 0 Å². The van der Waals surface area contributed by atoms with Gasteiger partial charge in [0.25, 0.3) is 0 Å². The van der Waals surface area contributed by atoms with Crippen molar-refractivity contribution in [1.29, 1.82) is 0 Å². The molecule has 1 aromatic rings. The van der Waals surface area contributed by atoms with Crippen LogP contribution in [0.25, 0.3) is 0 Å². The molecule has 2 radical (unpaired) electrons. The van der Waals surface area contributed by atoms with E-state index in [2.05, 4.69) is 31.0 Å². The molecule has 0 amide bonds. The lowest BCUT2D eigenvalue weighted by Crippen LogP contribution is -2.10. The van der Waals surface area contributed by atoms with E-state index in [4.69, 9.17) is 7.85 Å². The van der Waals surface area contributed by atoms with Gasteiger partial charge in [0.1, 0.15) is 5.01 Å². The van der Waals surface area contributed by atoms with Gasteiger partial charge in [-0.15, -0.1) is 16.4 Å². The van der Waals surface area contributed by atoms with E-state index in [1.807, 2.05) is 0 Å². The third kappa shape index (κ3) is 1.56. The minimum absolute atomic E-state index is 0.0787. The van der Waals surface area contributed by atoms with Gasteiger partial charge in [0.05, 0.1) is 4.91 Å². The Morgan fingerprint density at radius 3 is 2.10 bits per heavy atom. The lowest BCUT2D eigenvalue weighted by Gasteiger charge is -2.12. The number of nitrogens with zero attached hydrogens (tertiary/aromatic N) is 2. The summed E-state index contributed by atoms with van der Waals surface area (Å²) in [4.78, 5) is 0.546. The van der Waals surface area contributed by atoms with Gasteiger partial charge in [-0.05, 0) is 0 Å². The zero-order valence-corrected chi connectivity index (χ0v) is 7.20. The molecular formula is C6H9BN2S. The van der Waals surface area contributed by atoms with Crippen molar-refractivity contribution in [3.05, 3.63) is 5.01 Å². The maximum absolute atomic E-state index is 5.42. The molecule has 0 aliphatic rings. The molecule has 0 aromatic carbocycles. The highest BCUT2D eigenvalue weighted by molar-refractivity contribution is 7.19. The summed E-state index contributed by atoms with van der Waals surface area (Å²) in [6, 6.07) is 0. The standard InChI is InChI=1S/C6H9BN2S/c1-6(2,3)4-8-9-5(7)10-4/h1-3H3. The monoisotopic (exact) mass is 152 g/mol. The summed E-state index contributed by atoms with van der Waals surface area (Å²) in [6.07, 6.45) is 0. The third-order valence-electron chi connectivity index (χ3n) is 1.08. The van der Waals surface area contributed by atoms with Crippen molar-refractivity contribution in [2.45, 2.75) is 26.2 Å². The normalized spacial score (nSPS) is 11.9. The first-order chi connectivity index (χ1) is 4.50. The Morgan fingerprint density at radius 1 is 1.30 bits per heavy atom. The fourth-order valence-electron chi connectivity index (χ4n) is 0.538. The average molecular weight is 152 g/mol. The Labute approximate surface area is 66.1 Å². The minimum Gasteiger partial charge on any atom is -0.156 e. The summed E-state index contributed by atoms with van der Waals surface area (Å²) in [6.45, 7) is 6.27. The van der Waals surface area contributed by atoms with Gasteiger partial charge in [-0.3, -0.25) is 0 Å². The fraction of sp³-hybridized carbons (Fsp3) is 0.667. The van der Waals surface area contributed by atoms with Crippen LogP contribution in [0.2, 0.25) is 0 Å². The molecule has 10 heavy (non-hydrogen) atoms. The van der Waals surface area contributed by atoms with Crippen LogP contribution in [0, 0.1) is 0 Å². The van der Waals surface area contributed by atoms with E-state index in [1.54, 1.807) is 0 Å². The van der Waals surface area contributed by atoms with Gasteiger partial charge in [-0.2, -0.15) is 5.10 Å². The highest BCUT2D eigenvalue weighted by Crippen LogP contribution is 2.21. The van der Waals surface area contributed by atoms with Crippen LogP contribution in [0.1, 0.15) is 25.8 Å². The van der Waals surface area contributed by atoms with E-state index < -0.39 is 0 Å². The van der Waals surface area contributed by atoms with E-state index in [0.29, 0.717) is 4.91 Å². The summed E-state index contributed by atoms with van der Waals surface area (Å²) in [5.74, 6) is 0. The third-order valence-corrected chi connectivity index (χ3v) is 2.26. The molecule has 4 heteroatoms. The Bertz CT molecular complexity index is 226. The van der Waals surface area contributed by atoms with Crippen LogP contribution >= 0.6 is 11.3 Å². The Morgan fingerprint density at radius 2 is 1.90 bits per heavy atom. The van der Waals surface area contributed by atoms with Gasteiger partial charge >= 0.3 is 0 Å². The average Bonchev–Trinajstić information content (AvgIpc) is 2.11. The zero-order chi connectivity index (χ0) is 7.78. The predicted octanol–water partition coefficient (Wildman–Crippen LogP) is 0.629. The van der Waals surface area contributed by atoms with Crippen molar-refractivity contribution in [2.75, 3.05) is 0 Å². The molecule has 1 aromatic heterocycles. The number of hydrogen-bond acceptors (Lipinski definition) is 3. The lowest BCUT2D eigenvalue weighted by molar-refractivity contribution is 0.578. The van der Waals surface area contributed by atoms with Gasteiger partial charge in [0.2, 0.25) is 0 Å². The molecule has 0 spiro atoms. The second-order valence-corrected chi connectivity index (χ2v) is 4.20. The van der Waals surface area contributed by atoms with Gasteiger partial charge in [0, 0.05) is 5.41 Å². The second kappa shape index (κ2) is 2.34. The Hall–Kier alpha value is -0.375. The van der Waals surface area contributed by atoms with Crippen molar-refractivity contribution in [2.24, 2.45) is 0 Å². The topological polar surface area (TPSA) is 25.8 Å². The van der Waals surface area contributed by atoms with E-state index in [1.165, 1.54) is 11.3 Å². The Balaban J connectivity index is 2.96. The van der Waals surface area contributed by atoms with Crippen LogP contribution < -0.4 is 4.91 Å². The van der Waals surface area contributed by atoms with Crippen LogP contribution in [0.5, 0.6) is 0 Å². The van der Waals surface area contributed by atoms with Crippen molar-refractivity contribution in [1.82, 2.24) is 10.2 Å². The summed E-state index contributed by atoms with van der Waals surface area (Å²) in [7, 11) is 5.42. The van der Waals surface area contributed by atoms with E-state index >= 15 is 0 Å². The fourth-order valence-corrected chi connectivity index (χ4v) is 1.21. The number of rotatable bonds is 0. The molecule has 2 nitrogen and oxygen atoms in total. The SMILES string of the molecule is [B]c1nnc(C(C)(C)C)s1. The number of hydrogen-bond donors (Lipinski definition) is 0. The van der Waals surface area contributed by atoms with Crippen LogP contribution in [-0.4, -0.2) is 18.0 Å². The quantitative estimate of drug-likeness (QED) is 0.509. The molecule has 0 N–H and O–H groups in total. The van der Waals surface area contributed by atoms with Gasteiger partial charge in [-0.1, -0.05) is 20.8 Å². The van der Waals surface area contributed by atoms with E-state index in [0.717, 1.165) is 5.01 Å². The molecule has 0 unspecified atom stereocenters. The van der Waals surface area contributed by atoms with E-state index in [-0.39, 0.29) is 5.41 Å². The molecule has 0 fully saturated rings. The molecule has 0 bridgehead atoms. The minimum atomic E-state index is 0.0787. The molecule has 52 valence electrons. The van der Waals surface area contributed by atoms with Crippen LogP contribution in [0.3, 0.4) is 0 Å². The van der Waals surface area contributed by atoms with Gasteiger partial charge < -0.3 is 0 Å². The van der Waals surface area contributed by atoms with Crippen LogP contribution in [-0.2, 0) is 5.41 Å². The second-order valence-electron chi connectivity index (χ2n) is 3.20. The first kappa shape index (κ1) is 7.73. The van der Waals surface area contributed by atoms with Crippen molar-refractivity contribution >= 4 is 24.1 Å². The summed E-state index contributed by atoms with van der Waals surface area (Å²) in [5.41, 5.74) is 0.0787. The molecule has 0 aliphatic heterocycles. The molecule has 1 rings (SSSR count). The summed E-state index contributed by atoms with van der Waals surface area (Å²) >= 11 is 1.45. The first-order valence-electron chi connectivity index (χ1n) is 3.09. The van der Waals surface area contributed by atoms with Crippen LogP contribution in [0.15, 0.2) is 0 Å². The van der Waals surface area contributed by atoms with Gasteiger partial charge in [0.15, 0.2) is 7.85 Å². The van der Waals surface area contributed by atoms with Gasteiger partial charge in [-0.25, -0.2) is 0 Å². The molecule has 0 saturated carbocycles. The molecule has 0 atom stereocenters. The van der Waals surface area contributed by atoms with E-state index in [9.17, 15) is 0 Å².